The van der Waals surface area contributed by atoms with E-state index in [2.05, 4.69) is 14.7 Å². The molecule has 2 aromatic rings. The Morgan fingerprint density at radius 1 is 1.44 bits per heavy atom. The second-order valence-corrected chi connectivity index (χ2v) is 6.38. The summed E-state index contributed by atoms with van der Waals surface area (Å²) < 4.78 is 24.2. The number of halogens is 1. The number of fused-ring (bicyclic) bond motifs is 1. The van der Waals surface area contributed by atoms with Gasteiger partial charge in [0, 0.05) is 18.0 Å². The number of imidazole rings is 1. The topological polar surface area (TPSA) is 74.8 Å². The van der Waals surface area contributed by atoms with Crippen LogP contribution in [0.2, 0.25) is 5.02 Å². The van der Waals surface area contributed by atoms with E-state index in [0.29, 0.717) is 24.4 Å². The van der Waals surface area contributed by atoms with Crippen LogP contribution in [0.25, 0.3) is 11.0 Å². The van der Waals surface area contributed by atoms with Crippen LogP contribution in [0, 0.1) is 0 Å². The van der Waals surface area contributed by atoms with Crippen molar-refractivity contribution in [1.29, 1.82) is 0 Å². The van der Waals surface area contributed by atoms with Crippen LogP contribution in [0.3, 0.4) is 0 Å². The smallest absolute Gasteiger partial charge is 0.208 e. The SMILES string of the molecule is CS(=O)(=O)NCCCc1nc2ccc(Cl)cc2[nH]1. The van der Waals surface area contributed by atoms with E-state index in [9.17, 15) is 8.42 Å². The summed E-state index contributed by atoms with van der Waals surface area (Å²) in [6.45, 7) is 0.413. The van der Waals surface area contributed by atoms with Gasteiger partial charge < -0.3 is 4.98 Å². The summed E-state index contributed by atoms with van der Waals surface area (Å²) in [7, 11) is -3.11. The molecule has 0 aliphatic heterocycles. The first-order valence-corrected chi connectivity index (χ1v) is 7.80. The monoisotopic (exact) mass is 287 g/mol. The Morgan fingerprint density at radius 3 is 2.94 bits per heavy atom. The van der Waals surface area contributed by atoms with Gasteiger partial charge in [-0.1, -0.05) is 11.6 Å². The molecule has 7 heteroatoms. The van der Waals surface area contributed by atoms with E-state index in [4.69, 9.17) is 11.6 Å². The average molecular weight is 288 g/mol. The van der Waals surface area contributed by atoms with Gasteiger partial charge in [0.05, 0.1) is 17.3 Å². The number of aromatic nitrogens is 2. The first kappa shape index (κ1) is 13.3. The number of rotatable bonds is 5. The van der Waals surface area contributed by atoms with E-state index in [1.54, 1.807) is 6.07 Å². The van der Waals surface area contributed by atoms with Crippen LogP contribution in [0.5, 0.6) is 0 Å². The Balaban J connectivity index is 1.96. The Hall–Kier alpha value is -1.11. The Bertz CT molecular complexity index is 651. The molecule has 0 spiro atoms. The van der Waals surface area contributed by atoms with Crippen LogP contribution in [0.15, 0.2) is 18.2 Å². The van der Waals surface area contributed by atoms with E-state index in [1.807, 2.05) is 12.1 Å². The van der Waals surface area contributed by atoms with E-state index in [-0.39, 0.29) is 0 Å². The fraction of sp³-hybridized carbons (Fsp3) is 0.364. The maximum absolute atomic E-state index is 10.9. The second kappa shape index (κ2) is 5.26. The van der Waals surface area contributed by atoms with Gasteiger partial charge in [-0.05, 0) is 24.6 Å². The zero-order valence-electron chi connectivity index (χ0n) is 9.90. The zero-order valence-corrected chi connectivity index (χ0v) is 11.5. The molecule has 0 aliphatic rings. The Kier molecular flexibility index (Phi) is 3.89. The summed E-state index contributed by atoms with van der Waals surface area (Å²) in [4.78, 5) is 7.56. The Morgan fingerprint density at radius 2 is 2.22 bits per heavy atom. The van der Waals surface area contributed by atoms with E-state index in [0.717, 1.165) is 23.1 Å². The number of hydrogen-bond acceptors (Lipinski definition) is 3. The molecule has 0 amide bonds. The number of benzene rings is 1. The third-order valence-corrected chi connectivity index (χ3v) is 3.41. The first-order valence-electron chi connectivity index (χ1n) is 5.53. The number of nitrogens with one attached hydrogen (secondary N) is 2. The van der Waals surface area contributed by atoms with Gasteiger partial charge in [0.2, 0.25) is 10.0 Å². The zero-order chi connectivity index (χ0) is 13.2. The van der Waals surface area contributed by atoms with Gasteiger partial charge >= 0.3 is 0 Å². The third kappa shape index (κ3) is 3.69. The van der Waals surface area contributed by atoms with Gasteiger partial charge in [-0.25, -0.2) is 18.1 Å². The standard InChI is InChI=1S/C11H14ClN3O2S/c1-18(16,17)13-6-2-3-11-14-9-5-4-8(12)7-10(9)15-11/h4-5,7,13H,2-3,6H2,1H3,(H,14,15). The van der Waals surface area contributed by atoms with Gasteiger partial charge in [0.15, 0.2) is 0 Å². The molecule has 0 atom stereocenters. The van der Waals surface area contributed by atoms with Crippen LogP contribution >= 0.6 is 11.6 Å². The lowest BCUT2D eigenvalue weighted by molar-refractivity contribution is 0.584. The molecule has 18 heavy (non-hydrogen) atoms. The molecule has 0 fully saturated rings. The summed E-state index contributed by atoms with van der Waals surface area (Å²) in [5.41, 5.74) is 1.76. The fourth-order valence-corrected chi connectivity index (χ4v) is 2.35. The molecule has 0 bridgehead atoms. The molecule has 2 N–H and O–H groups in total. The summed E-state index contributed by atoms with van der Waals surface area (Å²) in [6, 6.07) is 5.47. The first-order chi connectivity index (χ1) is 8.44. The maximum atomic E-state index is 10.9. The molecular weight excluding hydrogens is 274 g/mol. The second-order valence-electron chi connectivity index (χ2n) is 4.12. The summed E-state index contributed by atoms with van der Waals surface area (Å²) >= 11 is 5.88. The molecule has 0 radical (unpaired) electrons. The highest BCUT2D eigenvalue weighted by Gasteiger charge is 2.04. The fourth-order valence-electron chi connectivity index (χ4n) is 1.67. The third-order valence-electron chi connectivity index (χ3n) is 2.45. The summed E-state index contributed by atoms with van der Waals surface area (Å²) in [5, 5.41) is 0.663. The van der Waals surface area contributed by atoms with Crippen molar-refractivity contribution in [3.05, 3.63) is 29.0 Å². The normalized spacial score (nSPS) is 12.1. The van der Waals surface area contributed by atoms with E-state index < -0.39 is 10.0 Å². The maximum Gasteiger partial charge on any atom is 0.208 e. The van der Waals surface area contributed by atoms with Crippen molar-refractivity contribution in [2.45, 2.75) is 12.8 Å². The number of sulfonamides is 1. The lowest BCUT2D eigenvalue weighted by Gasteiger charge is -1.99. The summed E-state index contributed by atoms with van der Waals surface area (Å²) in [6.07, 6.45) is 2.53. The highest BCUT2D eigenvalue weighted by molar-refractivity contribution is 7.88. The van der Waals surface area contributed by atoms with Crippen LogP contribution in [0.4, 0.5) is 0 Å². The molecule has 1 aromatic heterocycles. The van der Waals surface area contributed by atoms with E-state index in [1.165, 1.54) is 0 Å². The van der Waals surface area contributed by atoms with Gasteiger partial charge in [-0.15, -0.1) is 0 Å². The van der Waals surface area contributed by atoms with E-state index >= 15 is 0 Å². The number of aryl methyl sites for hydroxylation is 1. The molecule has 0 saturated heterocycles. The van der Waals surface area contributed by atoms with Gasteiger partial charge in [-0.2, -0.15) is 0 Å². The average Bonchev–Trinajstić information content (AvgIpc) is 2.65. The van der Waals surface area contributed by atoms with Crippen molar-refractivity contribution in [2.75, 3.05) is 12.8 Å². The molecule has 1 heterocycles. The molecule has 1 aromatic carbocycles. The van der Waals surface area contributed by atoms with Crippen molar-refractivity contribution in [3.8, 4) is 0 Å². The van der Waals surface area contributed by atoms with Crippen LogP contribution in [-0.4, -0.2) is 31.2 Å². The van der Waals surface area contributed by atoms with Gasteiger partial charge in [0.1, 0.15) is 5.82 Å². The van der Waals surface area contributed by atoms with Gasteiger partial charge in [0.25, 0.3) is 0 Å². The summed E-state index contributed by atoms with van der Waals surface area (Å²) in [5.74, 6) is 0.836. The van der Waals surface area contributed by atoms with Crippen LogP contribution < -0.4 is 4.72 Å². The number of nitrogens with zero attached hydrogens (tertiary/aromatic N) is 1. The van der Waals surface area contributed by atoms with Crippen molar-refractivity contribution >= 4 is 32.7 Å². The van der Waals surface area contributed by atoms with Crippen LogP contribution in [-0.2, 0) is 16.4 Å². The Labute approximate surface area is 111 Å². The largest absolute Gasteiger partial charge is 0.342 e. The van der Waals surface area contributed by atoms with Crippen molar-refractivity contribution in [2.24, 2.45) is 0 Å². The molecular formula is C11H14ClN3O2S. The number of aromatic amines is 1. The molecule has 5 nitrogen and oxygen atoms in total. The van der Waals surface area contributed by atoms with Crippen molar-refractivity contribution in [1.82, 2.24) is 14.7 Å². The van der Waals surface area contributed by atoms with Crippen LogP contribution in [0.1, 0.15) is 12.2 Å². The minimum Gasteiger partial charge on any atom is -0.342 e. The quantitative estimate of drug-likeness (QED) is 0.822. The molecule has 2 rings (SSSR count). The number of hydrogen-bond donors (Lipinski definition) is 2. The predicted octanol–water partition coefficient (Wildman–Crippen LogP) is 1.70. The molecule has 0 saturated carbocycles. The highest BCUT2D eigenvalue weighted by atomic mass is 35.5. The minimum absolute atomic E-state index is 0.413. The molecule has 98 valence electrons. The molecule has 0 unspecified atom stereocenters. The highest BCUT2D eigenvalue weighted by Crippen LogP contribution is 2.17. The van der Waals surface area contributed by atoms with Gasteiger partial charge in [-0.3, -0.25) is 0 Å². The minimum atomic E-state index is -3.11. The van der Waals surface area contributed by atoms with Crippen molar-refractivity contribution < 1.29 is 8.42 Å². The van der Waals surface area contributed by atoms with Crippen molar-refractivity contribution in [3.63, 3.8) is 0 Å². The predicted molar refractivity (Wildman–Crippen MR) is 72.3 cm³/mol. The lowest BCUT2D eigenvalue weighted by Crippen LogP contribution is -2.23. The lowest BCUT2D eigenvalue weighted by atomic mass is 10.3. The number of H-pyrrole nitrogens is 1. The molecule has 0 aliphatic carbocycles.